The van der Waals surface area contributed by atoms with E-state index in [0.717, 1.165) is 0 Å². The molecular weight excluding hydrogens is 226 g/mol. The molecule has 0 radical (unpaired) electrons. The summed E-state index contributed by atoms with van der Waals surface area (Å²) in [6.45, 7) is 0. The average molecular weight is 240 g/mol. The van der Waals surface area contributed by atoms with Crippen molar-refractivity contribution in [1.82, 2.24) is 0 Å². The lowest BCUT2D eigenvalue weighted by molar-refractivity contribution is -0.152. The number of alkyl halides is 2. The molecule has 2 rings (SSSR count). The Morgan fingerprint density at radius 2 is 1.94 bits per heavy atom. The lowest BCUT2D eigenvalue weighted by Gasteiger charge is -2.36. The van der Waals surface area contributed by atoms with Crippen molar-refractivity contribution in [2.24, 2.45) is 5.92 Å². The Hall–Kier alpha value is -1.45. The zero-order chi connectivity index (χ0) is 12.5. The van der Waals surface area contributed by atoms with Crippen LogP contribution in [0.2, 0.25) is 0 Å². The fraction of sp³-hybridized carbons (Fsp3) is 0.462. The van der Waals surface area contributed by atoms with E-state index in [2.05, 4.69) is 0 Å². The topological polar surface area (TPSA) is 37.3 Å². The number of halogens is 2. The van der Waals surface area contributed by atoms with E-state index < -0.39 is 23.7 Å². The van der Waals surface area contributed by atoms with Gasteiger partial charge in [0.1, 0.15) is 0 Å². The molecule has 1 fully saturated rings. The van der Waals surface area contributed by atoms with Gasteiger partial charge in [-0.2, -0.15) is 0 Å². The number of benzene rings is 1. The van der Waals surface area contributed by atoms with Crippen LogP contribution in [0.15, 0.2) is 30.3 Å². The van der Waals surface area contributed by atoms with Crippen molar-refractivity contribution in [3.05, 3.63) is 35.9 Å². The minimum atomic E-state index is -2.93. The fourth-order valence-corrected chi connectivity index (χ4v) is 2.58. The molecule has 2 nitrogen and oxygen atoms in total. The Morgan fingerprint density at radius 1 is 1.29 bits per heavy atom. The van der Waals surface area contributed by atoms with E-state index in [0.29, 0.717) is 12.0 Å². The molecule has 0 spiro atoms. The zero-order valence-electron chi connectivity index (χ0n) is 9.27. The smallest absolute Gasteiger partial charge is 0.307 e. The predicted molar refractivity (Wildman–Crippen MR) is 59.1 cm³/mol. The van der Waals surface area contributed by atoms with E-state index in [1.165, 1.54) is 0 Å². The Labute approximate surface area is 98.3 Å². The van der Waals surface area contributed by atoms with Crippen molar-refractivity contribution in [2.75, 3.05) is 0 Å². The maximum atomic E-state index is 13.9. The van der Waals surface area contributed by atoms with Gasteiger partial charge >= 0.3 is 5.97 Å². The van der Waals surface area contributed by atoms with Gasteiger partial charge in [-0.25, -0.2) is 8.78 Å². The van der Waals surface area contributed by atoms with Crippen LogP contribution < -0.4 is 0 Å². The maximum Gasteiger partial charge on any atom is 0.307 e. The highest BCUT2D eigenvalue weighted by atomic mass is 19.3. The molecule has 1 aromatic rings. The zero-order valence-corrected chi connectivity index (χ0v) is 9.27. The molecule has 0 bridgehead atoms. The lowest BCUT2D eigenvalue weighted by Crippen LogP contribution is -2.39. The molecule has 1 saturated carbocycles. The Kier molecular flexibility index (Phi) is 3.13. The van der Waals surface area contributed by atoms with Crippen LogP contribution in [0.3, 0.4) is 0 Å². The van der Waals surface area contributed by atoms with E-state index in [9.17, 15) is 13.6 Å². The summed E-state index contributed by atoms with van der Waals surface area (Å²) in [5.41, 5.74) is 0.421. The molecule has 0 saturated heterocycles. The summed E-state index contributed by atoms with van der Waals surface area (Å²) in [7, 11) is 0. The average Bonchev–Trinajstić information content (AvgIpc) is 2.28. The van der Waals surface area contributed by atoms with Crippen LogP contribution in [0.5, 0.6) is 0 Å². The number of rotatable bonds is 2. The second-order valence-corrected chi connectivity index (χ2v) is 4.49. The predicted octanol–water partition coefficient (Wildman–Crippen LogP) is 3.29. The summed E-state index contributed by atoms with van der Waals surface area (Å²) >= 11 is 0. The third-order valence-electron chi connectivity index (χ3n) is 3.36. The summed E-state index contributed by atoms with van der Waals surface area (Å²) in [5.74, 6) is -6.24. The first-order valence-corrected chi connectivity index (χ1v) is 5.68. The lowest BCUT2D eigenvalue weighted by atomic mass is 9.73. The summed E-state index contributed by atoms with van der Waals surface area (Å²) in [4.78, 5) is 11.1. The van der Waals surface area contributed by atoms with Crippen molar-refractivity contribution < 1.29 is 18.7 Å². The molecule has 4 heteroatoms. The van der Waals surface area contributed by atoms with Crippen molar-refractivity contribution in [1.29, 1.82) is 0 Å². The molecule has 1 aliphatic rings. The number of aliphatic carboxylic acids is 1. The van der Waals surface area contributed by atoms with Gasteiger partial charge in [0.15, 0.2) is 0 Å². The van der Waals surface area contributed by atoms with E-state index in [1.54, 1.807) is 30.3 Å². The van der Waals surface area contributed by atoms with Crippen LogP contribution in [0, 0.1) is 5.92 Å². The van der Waals surface area contributed by atoms with Crippen LogP contribution in [0.4, 0.5) is 8.78 Å². The second kappa shape index (κ2) is 4.43. The molecule has 2 atom stereocenters. The molecule has 1 aromatic carbocycles. The highest BCUT2D eigenvalue weighted by Gasteiger charge is 2.50. The monoisotopic (exact) mass is 240 g/mol. The molecule has 1 N–H and O–H groups in total. The van der Waals surface area contributed by atoms with Crippen LogP contribution >= 0.6 is 0 Å². The van der Waals surface area contributed by atoms with Gasteiger partial charge in [-0.05, 0) is 18.4 Å². The normalized spacial score (nSPS) is 27.6. The van der Waals surface area contributed by atoms with Gasteiger partial charge < -0.3 is 5.11 Å². The maximum absolute atomic E-state index is 13.9. The molecule has 0 aromatic heterocycles. The minimum Gasteiger partial charge on any atom is -0.481 e. The standard InChI is InChI=1S/C13H14F2O2/c14-13(15)8-4-7-10(12(16)17)11(13)9-5-2-1-3-6-9/h1-3,5-6,10-11H,4,7-8H2,(H,16,17). The molecule has 0 heterocycles. The van der Waals surface area contributed by atoms with Gasteiger partial charge in [-0.15, -0.1) is 0 Å². The summed E-state index contributed by atoms with van der Waals surface area (Å²) in [6, 6.07) is 8.23. The Balaban J connectivity index is 2.39. The first-order chi connectivity index (χ1) is 8.02. The highest BCUT2D eigenvalue weighted by molar-refractivity contribution is 5.72. The molecule has 2 unspecified atom stereocenters. The SMILES string of the molecule is O=C(O)C1CCCC(F)(F)C1c1ccccc1. The van der Waals surface area contributed by atoms with Gasteiger partial charge in [0.2, 0.25) is 0 Å². The van der Waals surface area contributed by atoms with E-state index >= 15 is 0 Å². The van der Waals surface area contributed by atoms with Crippen LogP contribution in [-0.2, 0) is 4.79 Å². The minimum absolute atomic E-state index is 0.226. The number of hydrogen-bond donors (Lipinski definition) is 1. The van der Waals surface area contributed by atoms with Crippen molar-refractivity contribution in [2.45, 2.75) is 31.1 Å². The van der Waals surface area contributed by atoms with E-state index in [-0.39, 0.29) is 12.8 Å². The van der Waals surface area contributed by atoms with Crippen molar-refractivity contribution >= 4 is 5.97 Å². The van der Waals surface area contributed by atoms with E-state index in [4.69, 9.17) is 5.11 Å². The van der Waals surface area contributed by atoms with Crippen molar-refractivity contribution in [3.8, 4) is 0 Å². The second-order valence-electron chi connectivity index (χ2n) is 4.49. The number of carbonyl (C=O) groups is 1. The molecule has 17 heavy (non-hydrogen) atoms. The number of carboxylic acid groups (broad SMARTS) is 1. The number of hydrogen-bond acceptors (Lipinski definition) is 1. The number of carboxylic acids is 1. The molecule has 0 amide bonds. The molecule has 92 valence electrons. The van der Waals surface area contributed by atoms with Crippen LogP contribution in [-0.4, -0.2) is 17.0 Å². The van der Waals surface area contributed by atoms with Crippen LogP contribution in [0.1, 0.15) is 30.7 Å². The summed E-state index contributed by atoms with van der Waals surface area (Å²) < 4.78 is 27.8. The van der Waals surface area contributed by atoms with Crippen LogP contribution in [0.25, 0.3) is 0 Å². The molecular formula is C13H14F2O2. The Bertz CT molecular complexity index is 403. The quantitative estimate of drug-likeness (QED) is 0.861. The molecule has 0 aliphatic heterocycles. The van der Waals surface area contributed by atoms with Gasteiger partial charge in [-0.1, -0.05) is 30.3 Å². The Morgan fingerprint density at radius 3 is 2.53 bits per heavy atom. The first kappa shape index (κ1) is 12.0. The van der Waals surface area contributed by atoms with Gasteiger partial charge in [0.25, 0.3) is 5.92 Å². The largest absolute Gasteiger partial charge is 0.481 e. The fourth-order valence-electron chi connectivity index (χ4n) is 2.58. The summed E-state index contributed by atoms with van der Waals surface area (Å²) in [5, 5.41) is 9.07. The highest BCUT2D eigenvalue weighted by Crippen LogP contribution is 2.48. The van der Waals surface area contributed by atoms with Gasteiger partial charge in [0.05, 0.1) is 11.8 Å². The molecule has 1 aliphatic carbocycles. The third-order valence-corrected chi connectivity index (χ3v) is 3.36. The van der Waals surface area contributed by atoms with E-state index in [1.807, 2.05) is 0 Å². The van der Waals surface area contributed by atoms with Crippen molar-refractivity contribution in [3.63, 3.8) is 0 Å². The summed E-state index contributed by atoms with van der Waals surface area (Å²) in [6.07, 6.45) is 0.369. The third kappa shape index (κ3) is 2.30. The van der Waals surface area contributed by atoms with Gasteiger partial charge in [-0.3, -0.25) is 4.79 Å². The van der Waals surface area contributed by atoms with Gasteiger partial charge in [0, 0.05) is 6.42 Å². The first-order valence-electron chi connectivity index (χ1n) is 5.68.